The molecule has 0 amide bonds. The monoisotopic (exact) mass is 306 g/mol. The summed E-state index contributed by atoms with van der Waals surface area (Å²) in [6, 6.07) is 11.1. The summed E-state index contributed by atoms with van der Waals surface area (Å²) in [5.74, 6) is 0.0439. The van der Waals surface area contributed by atoms with Crippen LogP contribution < -0.4 is 10.3 Å². The van der Waals surface area contributed by atoms with Gasteiger partial charge in [0.05, 0.1) is 36.5 Å². The summed E-state index contributed by atoms with van der Waals surface area (Å²) in [5, 5.41) is 9.23. The molecule has 0 saturated heterocycles. The third kappa shape index (κ3) is 2.77. The van der Waals surface area contributed by atoms with Gasteiger partial charge in [0, 0.05) is 6.20 Å². The lowest BCUT2D eigenvalue weighted by molar-refractivity contribution is 0.320. The molecule has 0 fully saturated rings. The molecule has 2 heterocycles. The summed E-state index contributed by atoms with van der Waals surface area (Å²) >= 11 is 0. The van der Waals surface area contributed by atoms with Gasteiger partial charge in [-0.15, -0.1) is 0 Å². The van der Waals surface area contributed by atoms with Crippen LogP contribution in [0.4, 0.5) is 0 Å². The number of ether oxygens (including phenoxy) is 1. The highest BCUT2D eigenvalue weighted by molar-refractivity contribution is 5.74. The molecule has 0 aliphatic carbocycles. The van der Waals surface area contributed by atoms with Crippen molar-refractivity contribution in [3.05, 3.63) is 64.2 Å². The highest BCUT2D eigenvalue weighted by Crippen LogP contribution is 2.15. The van der Waals surface area contributed by atoms with Gasteiger partial charge in [-0.25, -0.2) is 4.98 Å². The Kier molecular flexibility index (Phi) is 4.02. The van der Waals surface area contributed by atoms with Gasteiger partial charge in [0.2, 0.25) is 0 Å². The Morgan fingerprint density at radius 2 is 2.13 bits per heavy atom. The van der Waals surface area contributed by atoms with Gasteiger partial charge in [0.1, 0.15) is 5.52 Å². The van der Waals surface area contributed by atoms with E-state index >= 15 is 0 Å². The average Bonchev–Trinajstić information content (AvgIpc) is 2.59. The van der Waals surface area contributed by atoms with E-state index in [0.29, 0.717) is 23.2 Å². The molecular weight excluding hydrogens is 292 g/mol. The SMILES string of the molecule is CCOc1nc2cnccc2n(Cc2ccccc2C#N)c1=O. The van der Waals surface area contributed by atoms with E-state index in [-0.39, 0.29) is 18.0 Å². The molecule has 114 valence electrons. The molecule has 0 aliphatic rings. The molecular formula is C17H14N4O2. The van der Waals surface area contributed by atoms with Crippen LogP contribution in [0.5, 0.6) is 5.88 Å². The zero-order valence-corrected chi connectivity index (χ0v) is 12.6. The van der Waals surface area contributed by atoms with Crippen LogP contribution >= 0.6 is 0 Å². The summed E-state index contributed by atoms with van der Waals surface area (Å²) in [5.41, 5.74) is 2.21. The maximum Gasteiger partial charge on any atom is 0.314 e. The van der Waals surface area contributed by atoms with E-state index < -0.39 is 0 Å². The number of benzene rings is 1. The first kappa shape index (κ1) is 14.7. The van der Waals surface area contributed by atoms with E-state index in [1.54, 1.807) is 42.1 Å². The van der Waals surface area contributed by atoms with Gasteiger partial charge >= 0.3 is 5.56 Å². The predicted molar refractivity (Wildman–Crippen MR) is 85.2 cm³/mol. The fourth-order valence-electron chi connectivity index (χ4n) is 2.40. The van der Waals surface area contributed by atoms with Crippen molar-refractivity contribution < 1.29 is 4.74 Å². The lowest BCUT2D eigenvalue weighted by Gasteiger charge is -2.12. The van der Waals surface area contributed by atoms with E-state index in [2.05, 4.69) is 16.0 Å². The summed E-state index contributed by atoms with van der Waals surface area (Å²) in [7, 11) is 0. The Morgan fingerprint density at radius 3 is 2.91 bits per heavy atom. The molecule has 23 heavy (non-hydrogen) atoms. The van der Waals surface area contributed by atoms with Crippen LogP contribution in [0.25, 0.3) is 11.0 Å². The molecule has 6 heteroatoms. The third-order valence-corrected chi connectivity index (χ3v) is 3.47. The Bertz CT molecular complexity index is 957. The number of pyridine rings is 1. The second kappa shape index (κ2) is 6.28. The predicted octanol–water partition coefficient (Wildman–Crippen LogP) is 2.11. The quantitative estimate of drug-likeness (QED) is 0.737. The lowest BCUT2D eigenvalue weighted by atomic mass is 10.1. The maximum atomic E-state index is 12.6. The second-order valence-corrected chi connectivity index (χ2v) is 4.87. The highest BCUT2D eigenvalue weighted by atomic mass is 16.5. The van der Waals surface area contributed by atoms with E-state index in [9.17, 15) is 10.1 Å². The van der Waals surface area contributed by atoms with Crippen LogP contribution in [-0.2, 0) is 6.54 Å². The van der Waals surface area contributed by atoms with Gasteiger partial charge < -0.3 is 4.74 Å². The summed E-state index contributed by atoms with van der Waals surface area (Å²) < 4.78 is 6.90. The standard InChI is InChI=1S/C17H14N4O2/c1-2-23-16-17(22)21(15-7-8-19-10-14(15)20-16)11-13-6-4-3-5-12(13)9-18/h3-8,10H,2,11H2,1H3. The van der Waals surface area contributed by atoms with E-state index in [0.717, 1.165) is 5.56 Å². The molecule has 3 rings (SSSR count). The van der Waals surface area contributed by atoms with Gasteiger partial charge in [-0.1, -0.05) is 18.2 Å². The van der Waals surface area contributed by atoms with Crippen molar-refractivity contribution in [1.82, 2.24) is 14.5 Å². The van der Waals surface area contributed by atoms with Crippen LogP contribution in [0.3, 0.4) is 0 Å². The zero-order chi connectivity index (χ0) is 16.2. The fraction of sp³-hybridized carbons (Fsp3) is 0.176. The van der Waals surface area contributed by atoms with Gasteiger partial charge in [0.15, 0.2) is 0 Å². The number of nitrogens with zero attached hydrogens (tertiary/aromatic N) is 4. The smallest absolute Gasteiger partial charge is 0.314 e. The van der Waals surface area contributed by atoms with Crippen LogP contribution in [0, 0.1) is 11.3 Å². The molecule has 0 aliphatic heterocycles. The van der Waals surface area contributed by atoms with Crippen molar-refractivity contribution in [3.63, 3.8) is 0 Å². The second-order valence-electron chi connectivity index (χ2n) is 4.87. The number of hydrogen-bond acceptors (Lipinski definition) is 5. The summed E-state index contributed by atoms with van der Waals surface area (Å²) in [6.45, 7) is 2.42. The Labute approximate surface area is 132 Å². The van der Waals surface area contributed by atoms with Crippen molar-refractivity contribution in [1.29, 1.82) is 5.26 Å². The van der Waals surface area contributed by atoms with Crippen molar-refractivity contribution >= 4 is 11.0 Å². The topological polar surface area (TPSA) is 80.8 Å². The molecule has 2 aromatic heterocycles. The number of fused-ring (bicyclic) bond motifs is 1. The van der Waals surface area contributed by atoms with Gasteiger partial charge in [0.25, 0.3) is 5.88 Å². The Morgan fingerprint density at radius 1 is 1.30 bits per heavy atom. The molecule has 1 aromatic carbocycles. The minimum absolute atomic E-state index is 0.0439. The molecule has 0 N–H and O–H groups in total. The number of aromatic nitrogens is 3. The maximum absolute atomic E-state index is 12.6. The first-order valence-corrected chi connectivity index (χ1v) is 7.20. The van der Waals surface area contributed by atoms with Crippen molar-refractivity contribution in [2.75, 3.05) is 6.61 Å². The Balaban J connectivity index is 2.21. The van der Waals surface area contributed by atoms with E-state index in [4.69, 9.17) is 4.74 Å². The number of nitriles is 1. The van der Waals surface area contributed by atoms with Crippen LogP contribution in [0.15, 0.2) is 47.5 Å². The number of hydrogen-bond donors (Lipinski definition) is 0. The van der Waals surface area contributed by atoms with Crippen LogP contribution in [0.2, 0.25) is 0 Å². The van der Waals surface area contributed by atoms with Gasteiger partial charge in [-0.2, -0.15) is 5.26 Å². The number of rotatable bonds is 4. The largest absolute Gasteiger partial charge is 0.474 e. The zero-order valence-electron chi connectivity index (χ0n) is 12.6. The van der Waals surface area contributed by atoms with E-state index in [1.807, 2.05) is 12.1 Å². The van der Waals surface area contributed by atoms with Crippen LogP contribution in [0.1, 0.15) is 18.1 Å². The summed E-state index contributed by atoms with van der Waals surface area (Å²) in [4.78, 5) is 20.9. The minimum Gasteiger partial charge on any atom is -0.474 e. The minimum atomic E-state index is -0.321. The van der Waals surface area contributed by atoms with Gasteiger partial charge in [-0.3, -0.25) is 14.3 Å². The third-order valence-electron chi connectivity index (χ3n) is 3.47. The van der Waals surface area contributed by atoms with Gasteiger partial charge in [-0.05, 0) is 24.6 Å². The normalized spacial score (nSPS) is 10.4. The molecule has 6 nitrogen and oxygen atoms in total. The molecule has 0 radical (unpaired) electrons. The van der Waals surface area contributed by atoms with Crippen molar-refractivity contribution in [3.8, 4) is 11.9 Å². The Hall–Kier alpha value is -3.20. The lowest BCUT2D eigenvalue weighted by Crippen LogP contribution is -2.24. The van der Waals surface area contributed by atoms with Crippen molar-refractivity contribution in [2.24, 2.45) is 0 Å². The average molecular weight is 306 g/mol. The summed E-state index contributed by atoms with van der Waals surface area (Å²) in [6.07, 6.45) is 3.19. The molecule has 0 saturated carbocycles. The fourth-order valence-corrected chi connectivity index (χ4v) is 2.40. The molecule has 3 aromatic rings. The molecule has 0 spiro atoms. The first-order chi connectivity index (χ1) is 11.2. The molecule has 0 atom stereocenters. The molecule has 0 unspecified atom stereocenters. The molecule has 0 bridgehead atoms. The van der Waals surface area contributed by atoms with E-state index in [1.165, 1.54) is 0 Å². The van der Waals surface area contributed by atoms with Crippen molar-refractivity contribution in [2.45, 2.75) is 13.5 Å². The van der Waals surface area contributed by atoms with Crippen LogP contribution in [-0.4, -0.2) is 21.1 Å². The highest BCUT2D eigenvalue weighted by Gasteiger charge is 2.13. The first-order valence-electron chi connectivity index (χ1n) is 7.20.